The minimum Gasteiger partial charge on any atom is -0.462 e. The van der Waals surface area contributed by atoms with Crippen LogP contribution in [-0.4, -0.2) is 37.2 Å². The van der Waals surface area contributed by atoms with Crippen molar-refractivity contribution >= 4 is 17.9 Å². The summed E-state index contributed by atoms with van der Waals surface area (Å²) < 4.78 is 16.8. The Morgan fingerprint density at radius 1 is 0.273 bits per heavy atom. The highest BCUT2D eigenvalue weighted by atomic mass is 16.6. The average Bonchev–Trinajstić information content (AvgIpc) is 3.43. The molecule has 0 bridgehead atoms. The number of esters is 3. The highest BCUT2D eigenvalue weighted by Crippen LogP contribution is 2.18. The summed E-state index contributed by atoms with van der Waals surface area (Å²) in [5.41, 5.74) is 0. The van der Waals surface area contributed by atoms with Gasteiger partial charge in [-0.3, -0.25) is 14.4 Å². The Balaban J connectivity index is 4.20. The number of carbonyl (C=O) groups is 3. The number of allylic oxidation sites excluding steroid dienone is 14. The van der Waals surface area contributed by atoms with E-state index in [2.05, 4.69) is 99.8 Å². The lowest BCUT2D eigenvalue weighted by atomic mass is 10.0. The van der Waals surface area contributed by atoms with Crippen molar-refractivity contribution in [3.8, 4) is 0 Å². The Bertz CT molecular complexity index is 1470. The first-order valence-corrected chi connectivity index (χ1v) is 33.1. The molecule has 0 amide bonds. The van der Waals surface area contributed by atoms with E-state index in [0.29, 0.717) is 19.3 Å². The standard InChI is InChI=1S/C71H124O6/c1-4-7-10-13-16-19-22-24-26-28-30-31-32-33-34-35-36-37-38-39-40-42-43-45-47-49-52-55-58-61-64-70(73)76-67-68(66-75-69(72)63-60-57-54-51-21-18-15-12-9-6-3)77-71(74)65-62-59-56-53-50-48-46-44-41-29-27-25-23-20-17-14-11-8-5-2/h8,11-12,15,17,20,25,27,41,44,48,50,56,59,68H,4-7,9-10,13-14,16,18-19,21-24,26,28-40,42-43,45-47,49,51-55,57-58,60-67H2,1-3H3/b11-8-,15-12-,20-17-,27-25-,44-41-,50-48-,59-56-. The van der Waals surface area contributed by atoms with Crippen molar-refractivity contribution in [3.63, 3.8) is 0 Å². The normalized spacial score (nSPS) is 12.6. The highest BCUT2D eigenvalue weighted by molar-refractivity contribution is 5.71. The number of hydrogen-bond acceptors (Lipinski definition) is 6. The summed E-state index contributed by atoms with van der Waals surface area (Å²) in [5, 5.41) is 0. The molecule has 0 aliphatic carbocycles. The molecule has 0 N–H and O–H groups in total. The second-order valence-electron chi connectivity index (χ2n) is 22.0. The van der Waals surface area contributed by atoms with Gasteiger partial charge in [-0.15, -0.1) is 0 Å². The van der Waals surface area contributed by atoms with Gasteiger partial charge < -0.3 is 14.2 Å². The van der Waals surface area contributed by atoms with Crippen LogP contribution in [0.5, 0.6) is 0 Å². The molecular weight excluding hydrogens is 949 g/mol. The Labute approximate surface area is 477 Å². The third kappa shape index (κ3) is 63.3. The van der Waals surface area contributed by atoms with E-state index in [-0.39, 0.29) is 31.6 Å². The summed E-state index contributed by atoms with van der Waals surface area (Å²) in [4.78, 5) is 38.2. The number of rotatable bonds is 60. The van der Waals surface area contributed by atoms with E-state index < -0.39 is 12.1 Å². The van der Waals surface area contributed by atoms with Gasteiger partial charge in [0.15, 0.2) is 6.10 Å². The molecule has 6 heteroatoms. The summed E-state index contributed by atoms with van der Waals surface area (Å²) in [6, 6.07) is 0. The zero-order valence-electron chi connectivity index (χ0n) is 51.0. The molecule has 0 saturated heterocycles. The maximum atomic E-state index is 12.8. The third-order valence-electron chi connectivity index (χ3n) is 14.4. The summed E-state index contributed by atoms with van der Waals surface area (Å²) >= 11 is 0. The minimum absolute atomic E-state index is 0.107. The number of carbonyl (C=O) groups excluding carboxylic acids is 3. The molecule has 444 valence electrons. The predicted molar refractivity (Wildman–Crippen MR) is 334 cm³/mol. The van der Waals surface area contributed by atoms with Crippen molar-refractivity contribution in [2.75, 3.05) is 13.2 Å². The molecule has 0 aromatic heterocycles. The molecule has 1 unspecified atom stereocenters. The zero-order valence-corrected chi connectivity index (χ0v) is 51.0. The molecule has 0 aromatic rings. The van der Waals surface area contributed by atoms with Crippen LogP contribution in [0.1, 0.15) is 329 Å². The first-order valence-electron chi connectivity index (χ1n) is 33.1. The van der Waals surface area contributed by atoms with E-state index in [4.69, 9.17) is 14.2 Å². The van der Waals surface area contributed by atoms with Crippen LogP contribution in [0.25, 0.3) is 0 Å². The molecule has 0 fully saturated rings. The number of ether oxygens (including phenoxy) is 3. The van der Waals surface area contributed by atoms with Crippen LogP contribution in [0, 0.1) is 0 Å². The van der Waals surface area contributed by atoms with E-state index in [1.807, 2.05) is 6.08 Å². The first kappa shape index (κ1) is 73.6. The maximum absolute atomic E-state index is 12.8. The fraction of sp³-hybridized carbons (Fsp3) is 0.761. The first-order chi connectivity index (χ1) is 38.0. The molecule has 1 atom stereocenters. The molecule has 77 heavy (non-hydrogen) atoms. The van der Waals surface area contributed by atoms with Gasteiger partial charge in [0.2, 0.25) is 0 Å². The van der Waals surface area contributed by atoms with Crippen LogP contribution in [0.2, 0.25) is 0 Å². The third-order valence-corrected chi connectivity index (χ3v) is 14.4. The monoisotopic (exact) mass is 1070 g/mol. The largest absolute Gasteiger partial charge is 0.462 e. The van der Waals surface area contributed by atoms with Gasteiger partial charge in [0.05, 0.1) is 0 Å². The molecule has 0 saturated carbocycles. The summed E-state index contributed by atoms with van der Waals surface area (Å²) in [7, 11) is 0. The summed E-state index contributed by atoms with van der Waals surface area (Å²) in [5.74, 6) is -0.993. The van der Waals surface area contributed by atoms with Gasteiger partial charge in [0.25, 0.3) is 0 Å². The smallest absolute Gasteiger partial charge is 0.306 e. The van der Waals surface area contributed by atoms with Crippen molar-refractivity contribution in [2.45, 2.75) is 335 Å². The second-order valence-corrected chi connectivity index (χ2v) is 22.0. The lowest BCUT2D eigenvalue weighted by molar-refractivity contribution is -0.166. The summed E-state index contributed by atoms with van der Waals surface area (Å²) in [6.45, 7) is 6.43. The van der Waals surface area contributed by atoms with Crippen LogP contribution >= 0.6 is 0 Å². The van der Waals surface area contributed by atoms with E-state index >= 15 is 0 Å². The van der Waals surface area contributed by atoms with Crippen molar-refractivity contribution in [3.05, 3.63) is 85.1 Å². The van der Waals surface area contributed by atoms with Gasteiger partial charge in [-0.1, -0.05) is 318 Å². The highest BCUT2D eigenvalue weighted by Gasteiger charge is 2.19. The van der Waals surface area contributed by atoms with Gasteiger partial charge >= 0.3 is 17.9 Å². The van der Waals surface area contributed by atoms with Crippen LogP contribution in [0.15, 0.2) is 85.1 Å². The van der Waals surface area contributed by atoms with Gasteiger partial charge in [-0.2, -0.15) is 0 Å². The van der Waals surface area contributed by atoms with Gasteiger partial charge in [0, 0.05) is 19.3 Å². The number of hydrogen-bond donors (Lipinski definition) is 0. The predicted octanol–water partition coefficient (Wildman–Crippen LogP) is 22.7. The topological polar surface area (TPSA) is 78.9 Å². The van der Waals surface area contributed by atoms with Crippen molar-refractivity contribution < 1.29 is 28.6 Å². The van der Waals surface area contributed by atoms with Crippen LogP contribution in [0.3, 0.4) is 0 Å². The van der Waals surface area contributed by atoms with Crippen molar-refractivity contribution in [1.29, 1.82) is 0 Å². The van der Waals surface area contributed by atoms with Crippen LogP contribution < -0.4 is 0 Å². The second kappa shape index (κ2) is 65.1. The van der Waals surface area contributed by atoms with Gasteiger partial charge in [-0.05, 0) is 77.0 Å². The zero-order chi connectivity index (χ0) is 55.7. The molecular formula is C71H124O6. The molecule has 0 aromatic carbocycles. The van der Waals surface area contributed by atoms with Crippen LogP contribution in [0.4, 0.5) is 0 Å². The molecule has 0 heterocycles. The molecule has 0 radical (unpaired) electrons. The summed E-state index contributed by atoms with van der Waals surface area (Å²) in [6.07, 6.45) is 86.4. The molecule has 6 nitrogen and oxygen atoms in total. The molecule has 0 aliphatic heterocycles. The molecule has 0 aliphatic rings. The SMILES string of the molecule is CC/C=C\C/C=C\C/C=C\C/C=C\C/C=C\C/C=C\CCC(=O)OC(COC(=O)CCCCCCC/C=C\CCC)COC(=O)CCCCCCCCCCCCCCCCCCCCCCCCCCCCCCCC. The van der Waals surface area contributed by atoms with E-state index in [1.165, 1.54) is 186 Å². The van der Waals surface area contributed by atoms with E-state index in [9.17, 15) is 14.4 Å². The van der Waals surface area contributed by atoms with Crippen molar-refractivity contribution in [1.82, 2.24) is 0 Å². The van der Waals surface area contributed by atoms with E-state index in [1.54, 1.807) is 0 Å². The fourth-order valence-corrected chi connectivity index (χ4v) is 9.47. The van der Waals surface area contributed by atoms with Gasteiger partial charge in [0.1, 0.15) is 13.2 Å². The Morgan fingerprint density at radius 3 is 0.896 bits per heavy atom. The fourth-order valence-electron chi connectivity index (χ4n) is 9.47. The molecule has 0 spiro atoms. The quantitative estimate of drug-likeness (QED) is 0.0261. The Kier molecular flexibility index (Phi) is 62.2. The number of unbranched alkanes of at least 4 members (excludes halogenated alkanes) is 35. The lowest BCUT2D eigenvalue weighted by Crippen LogP contribution is -2.30. The minimum atomic E-state index is -0.820. The van der Waals surface area contributed by atoms with Crippen molar-refractivity contribution in [2.24, 2.45) is 0 Å². The van der Waals surface area contributed by atoms with E-state index in [0.717, 1.165) is 96.3 Å². The lowest BCUT2D eigenvalue weighted by Gasteiger charge is -2.18. The Hall–Kier alpha value is -3.41. The Morgan fingerprint density at radius 2 is 0.558 bits per heavy atom. The van der Waals surface area contributed by atoms with Crippen LogP contribution in [-0.2, 0) is 28.6 Å². The average molecular weight is 1070 g/mol. The molecule has 0 rings (SSSR count). The maximum Gasteiger partial charge on any atom is 0.306 e. The van der Waals surface area contributed by atoms with Gasteiger partial charge in [-0.25, -0.2) is 0 Å².